The molecule has 132 valence electrons. The second-order valence-electron chi connectivity index (χ2n) is 5.12. The van der Waals surface area contributed by atoms with Gasteiger partial charge in [0.25, 0.3) is 5.91 Å². The van der Waals surface area contributed by atoms with Crippen LogP contribution in [0.2, 0.25) is 0 Å². The lowest BCUT2D eigenvalue weighted by Gasteiger charge is -2.10. The minimum atomic E-state index is -4.43. The van der Waals surface area contributed by atoms with E-state index in [1.54, 1.807) is 24.3 Å². The van der Waals surface area contributed by atoms with Gasteiger partial charge in [-0.2, -0.15) is 13.2 Å². The van der Waals surface area contributed by atoms with Crippen LogP contribution in [0.15, 0.2) is 48.5 Å². The highest BCUT2D eigenvalue weighted by Crippen LogP contribution is 2.29. The Morgan fingerprint density at radius 3 is 2.28 bits per heavy atom. The van der Waals surface area contributed by atoms with Gasteiger partial charge in [0.2, 0.25) is 5.91 Å². The maximum atomic E-state index is 12.5. The van der Waals surface area contributed by atoms with Crippen molar-refractivity contribution in [1.29, 1.82) is 0 Å². The third-order valence-corrected chi connectivity index (χ3v) is 3.02. The second kappa shape index (κ2) is 7.69. The van der Waals surface area contributed by atoms with Crippen molar-refractivity contribution < 1.29 is 27.5 Å². The number of rotatable bonds is 5. The van der Waals surface area contributed by atoms with E-state index in [1.807, 2.05) is 0 Å². The molecule has 0 radical (unpaired) electrons. The molecule has 5 nitrogen and oxygen atoms in total. The number of anilines is 2. The zero-order valence-electron chi connectivity index (χ0n) is 13.2. The van der Waals surface area contributed by atoms with E-state index in [4.69, 9.17) is 4.74 Å². The Labute approximate surface area is 141 Å². The maximum absolute atomic E-state index is 12.5. The van der Waals surface area contributed by atoms with Gasteiger partial charge < -0.3 is 15.4 Å². The van der Waals surface area contributed by atoms with Gasteiger partial charge in [0.05, 0.1) is 5.56 Å². The summed E-state index contributed by atoms with van der Waals surface area (Å²) in [5.74, 6) is -0.393. The SMILES string of the molecule is CC(=O)Nc1cccc(OCC(=O)Nc2ccc(C(F)(F)F)cc2)c1. The lowest BCUT2D eigenvalue weighted by atomic mass is 10.2. The summed E-state index contributed by atoms with van der Waals surface area (Å²) in [5, 5.41) is 5.02. The average Bonchev–Trinajstić information content (AvgIpc) is 2.52. The molecule has 8 heteroatoms. The Morgan fingerprint density at radius 2 is 1.68 bits per heavy atom. The van der Waals surface area contributed by atoms with Gasteiger partial charge in [-0.15, -0.1) is 0 Å². The van der Waals surface area contributed by atoms with Gasteiger partial charge in [0.1, 0.15) is 5.75 Å². The first-order valence-electron chi connectivity index (χ1n) is 7.21. The van der Waals surface area contributed by atoms with Crippen molar-refractivity contribution in [2.45, 2.75) is 13.1 Å². The number of benzene rings is 2. The van der Waals surface area contributed by atoms with Crippen molar-refractivity contribution in [3.05, 3.63) is 54.1 Å². The van der Waals surface area contributed by atoms with Crippen LogP contribution in [-0.4, -0.2) is 18.4 Å². The smallest absolute Gasteiger partial charge is 0.416 e. The molecule has 0 fully saturated rings. The van der Waals surface area contributed by atoms with Crippen LogP contribution in [-0.2, 0) is 15.8 Å². The molecule has 0 spiro atoms. The summed E-state index contributed by atoms with van der Waals surface area (Å²) in [6, 6.07) is 10.6. The number of alkyl halides is 3. The van der Waals surface area contributed by atoms with Crippen LogP contribution in [0.5, 0.6) is 5.75 Å². The van der Waals surface area contributed by atoms with E-state index in [2.05, 4.69) is 10.6 Å². The van der Waals surface area contributed by atoms with E-state index in [-0.39, 0.29) is 18.2 Å². The third kappa shape index (κ3) is 5.83. The van der Waals surface area contributed by atoms with Crippen LogP contribution in [0.4, 0.5) is 24.5 Å². The summed E-state index contributed by atoms with van der Waals surface area (Å²) in [7, 11) is 0. The first-order valence-corrected chi connectivity index (χ1v) is 7.21. The molecule has 2 N–H and O–H groups in total. The van der Waals surface area contributed by atoms with Crippen LogP contribution >= 0.6 is 0 Å². The van der Waals surface area contributed by atoms with E-state index in [0.717, 1.165) is 24.3 Å². The molecule has 2 amide bonds. The quantitative estimate of drug-likeness (QED) is 0.863. The molecule has 0 aromatic heterocycles. The molecule has 0 saturated heterocycles. The zero-order valence-corrected chi connectivity index (χ0v) is 13.2. The zero-order chi connectivity index (χ0) is 18.4. The fourth-order valence-corrected chi connectivity index (χ4v) is 1.96. The van der Waals surface area contributed by atoms with Gasteiger partial charge in [0.15, 0.2) is 6.61 Å². The molecule has 2 aromatic rings. The Balaban J connectivity index is 1.89. The predicted molar refractivity (Wildman–Crippen MR) is 86.3 cm³/mol. The van der Waals surface area contributed by atoms with Gasteiger partial charge in [-0.05, 0) is 36.4 Å². The minimum absolute atomic E-state index is 0.230. The van der Waals surface area contributed by atoms with Gasteiger partial charge in [0, 0.05) is 24.4 Å². The molecule has 2 aromatic carbocycles. The van der Waals surface area contributed by atoms with E-state index in [9.17, 15) is 22.8 Å². The van der Waals surface area contributed by atoms with Gasteiger partial charge >= 0.3 is 6.18 Å². The maximum Gasteiger partial charge on any atom is 0.416 e. The van der Waals surface area contributed by atoms with Crippen molar-refractivity contribution in [3.63, 3.8) is 0 Å². The molecular formula is C17H15F3N2O3. The summed E-state index contributed by atoms with van der Waals surface area (Å²) in [6.07, 6.45) is -4.43. The lowest BCUT2D eigenvalue weighted by molar-refractivity contribution is -0.137. The topological polar surface area (TPSA) is 67.4 Å². The Bertz CT molecular complexity index is 758. The average molecular weight is 352 g/mol. The Morgan fingerprint density at radius 1 is 1.00 bits per heavy atom. The summed E-state index contributed by atoms with van der Waals surface area (Å²) in [6.45, 7) is 1.04. The van der Waals surface area contributed by atoms with E-state index >= 15 is 0 Å². The highest BCUT2D eigenvalue weighted by Gasteiger charge is 2.29. The molecule has 25 heavy (non-hydrogen) atoms. The molecule has 0 bridgehead atoms. The van der Waals surface area contributed by atoms with Crippen LogP contribution < -0.4 is 15.4 Å². The van der Waals surface area contributed by atoms with Gasteiger partial charge in [-0.25, -0.2) is 0 Å². The van der Waals surface area contributed by atoms with Crippen molar-refractivity contribution >= 4 is 23.2 Å². The highest BCUT2D eigenvalue weighted by atomic mass is 19.4. The van der Waals surface area contributed by atoms with Crippen molar-refractivity contribution in [2.75, 3.05) is 17.2 Å². The molecule has 0 atom stereocenters. The van der Waals surface area contributed by atoms with Crippen LogP contribution in [0.1, 0.15) is 12.5 Å². The fourth-order valence-electron chi connectivity index (χ4n) is 1.96. The van der Waals surface area contributed by atoms with Crippen LogP contribution in [0.25, 0.3) is 0 Å². The first kappa shape index (κ1) is 18.3. The fraction of sp³-hybridized carbons (Fsp3) is 0.176. The first-order chi connectivity index (χ1) is 11.7. The van der Waals surface area contributed by atoms with Crippen LogP contribution in [0.3, 0.4) is 0 Å². The number of ether oxygens (including phenoxy) is 1. The second-order valence-corrected chi connectivity index (χ2v) is 5.12. The van der Waals surface area contributed by atoms with Gasteiger partial charge in [-0.3, -0.25) is 9.59 Å². The summed E-state index contributed by atoms with van der Waals surface area (Å²) in [4.78, 5) is 22.8. The van der Waals surface area contributed by atoms with Crippen molar-refractivity contribution in [1.82, 2.24) is 0 Å². The van der Waals surface area contributed by atoms with Crippen molar-refractivity contribution in [2.24, 2.45) is 0 Å². The molecular weight excluding hydrogens is 337 g/mol. The van der Waals surface area contributed by atoms with Crippen LogP contribution in [0, 0.1) is 0 Å². The minimum Gasteiger partial charge on any atom is -0.484 e. The highest BCUT2D eigenvalue weighted by molar-refractivity contribution is 5.92. The number of hydrogen-bond acceptors (Lipinski definition) is 3. The number of amides is 2. The standard InChI is InChI=1S/C17H15F3N2O3/c1-11(23)21-14-3-2-4-15(9-14)25-10-16(24)22-13-7-5-12(6-8-13)17(18,19)20/h2-9H,10H2,1H3,(H,21,23)(H,22,24). The van der Waals surface area contributed by atoms with Crippen molar-refractivity contribution in [3.8, 4) is 5.75 Å². The summed E-state index contributed by atoms with van der Waals surface area (Å²) < 4.78 is 42.7. The molecule has 0 aliphatic heterocycles. The number of nitrogens with one attached hydrogen (secondary N) is 2. The molecule has 0 aliphatic carbocycles. The Hall–Kier alpha value is -3.03. The van der Waals surface area contributed by atoms with E-state index < -0.39 is 17.6 Å². The largest absolute Gasteiger partial charge is 0.484 e. The number of carbonyl (C=O) groups is 2. The summed E-state index contributed by atoms with van der Waals surface area (Å²) in [5.41, 5.74) is -0.0433. The summed E-state index contributed by atoms with van der Waals surface area (Å²) >= 11 is 0. The monoisotopic (exact) mass is 352 g/mol. The number of carbonyl (C=O) groups excluding carboxylic acids is 2. The number of hydrogen-bond donors (Lipinski definition) is 2. The number of halogens is 3. The molecule has 0 saturated carbocycles. The normalized spacial score (nSPS) is 10.9. The van der Waals surface area contributed by atoms with E-state index in [0.29, 0.717) is 11.4 Å². The predicted octanol–water partition coefficient (Wildman–Crippen LogP) is 3.68. The Kier molecular flexibility index (Phi) is 5.63. The van der Waals surface area contributed by atoms with E-state index in [1.165, 1.54) is 6.92 Å². The lowest BCUT2D eigenvalue weighted by Crippen LogP contribution is -2.20. The molecule has 0 aliphatic rings. The van der Waals surface area contributed by atoms with Gasteiger partial charge in [-0.1, -0.05) is 6.07 Å². The third-order valence-electron chi connectivity index (χ3n) is 3.02. The molecule has 0 heterocycles. The molecule has 0 unspecified atom stereocenters. The molecule has 2 rings (SSSR count).